The molecule has 1 unspecified atom stereocenters. The molecule has 17 heavy (non-hydrogen) atoms. The van der Waals surface area contributed by atoms with Crippen molar-refractivity contribution in [3.05, 3.63) is 0 Å². The van der Waals surface area contributed by atoms with E-state index in [0.29, 0.717) is 11.5 Å². The highest BCUT2D eigenvalue weighted by molar-refractivity contribution is 5.77. The lowest BCUT2D eigenvalue weighted by Crippen LogP contribution is -2.43. The number of carbonyl (C=O) groups excluding carboxylic acids is 1. The summed E-state index contributed by atoms with van der Waals surface area (Å²) in [6.07, 6.45) is 4.65. The van der Waals surface area contributed by atoms with Crippen LogP contribution in [0.15, 0.2) is 0 Å². The molecule has 1 aliphatic carbocycles. The van der Waals surface area contributed by atoms with Crippen LogP contribution in [0.4, 0.5) is 0 Å². The van der Waals surface area contributed by atoms with E-state index in [1.54, 1.807) is 0 Å². The fourth-order valence-electron chi connectivity index (χ4n) is 2.37. The first-order valence-electron chi connectivity index (χ1n) is 6.61. The Kier molecular flexibility index (Phi) is 4.59. The molecule has 1 amide bonds. The minimum absolute atomic E-state index is 0.0163. The zero-order chi connectivity index (χ0) is 13.1. The van der Waals surface area contributed by atoms with Gasteiger partial charge in [-0.1, -0.05) is 20.3 Å². The van der Waals surface area contributed by atoms with Crippen molar-refractivity contribution in [2.75, 3.05) is 6.61 Å². The Hall–Kier alpha value is -0.570. The van der Waals surface area contributed by atoms with Crippen molar-refractivity contribution in [1.82, 2.24) is 5.32 Å². The summed E-state index contributed by atoms with van der Waals surface area (Å²) in [5, 5.41) is 3.08. The van der Waals surface area contributed by atoms with Gasteiger partial charge in [0.15, 0.2) is 0 Å². The molecule has 3 heteroatoms. The molecular weight excluding hydrogens is 214 g/mol. The summed E-state index contributed by atoms with van der Waals surface area (Å²) in [4.78, 5) is 11.7. The molecule has 0 aromatic rings. The predicted octanol–water partition coefficient (Wildman–Crippen LogP) is 2.89. The summed E-state index contributed by atoms with van der Waals surface area (Å²) in [6, 6.07) is 0.329. The summed E-state index contributed by atoms with van der Waals surface area (Å²) in [6.45, 7) is 10.6. The minimum Gasteiger partial charge on any atom is -0.366 e. The monoisotopic (exact) mass is 241 g/mol. The largest absolute Gasteiger partial charge is 0.366 e. The van der Waals surface area contributed by atoms with Gasteiger partial charge in [-0.15, -0.1) is 0 Å². The molecule has 1 aliphatic rings. The van der Waals surface area contributed by atoms with Crippen molar-refractivity contribution in [1.29, 1.82) is 0 Å². The molecule has 1 rings (SSSR count). The molecule has 0 aromatic heterocycles. The van der Waals surface area contributed by atoms with Gasteiger partial charge in [0.05, 0.1) is 5.60 Å². The SMILES string of the molecule is CC1(C)CCCC(NC(=O)COC(C)(C)C)C1. The summed E-state index contributed by atoms with van der Waals surface area (Å²) in [5.41, 5.74) is 0.115. The van der Waals surface area contributed by atoms with Crippen LogP contribution in [0.3, 0.4) is 0 Å². The number of hydrogen-bond acceptors (Lipinski definition) is 2. The number of carbonyl (C=O) groups is 1. The molecule has 0 radical (unpaired) electrons. The van der Waals surface area contributed by atoms with Gasteiger partial charge in [0, 0.05) is 6.04 Å². The molecular formula is C14H27NO2. The zero-order valence-electron chi connectivity index (χ0n) is 11.9. The maximum atomic E-state index is 11.7. The van der Waals surface area contributed by atoms with Crippen LogP contribution < -0.4 is 5.32 Å². The van der Waals surface area contributed by atoms with Crippen molar-refractivity contribution in [2.45, 2.75) is 71.9 Å². The summed E-state index contributed by atoms with van der Waals surface area (Å²) in [7, 11) is 0. The van der Waals surface area contributed by atoms with Crippen LogP contribution in [0.1, 0.15) is 60.3 Å². The van der Waals surface area contributed by atoms with E-state index in [2.05, 4.69) is 19.2 Å². The zero-order valence-corrected chi connectivity index (χ0v) is 11.9. The van der Waals surface area contributed by atoms with Crippen molar-refractivity contribution >= 4 is 5.91 Å². The topological polar surface area (TPSA) is 38.3 Å². The second-order valence-corrected chi connectivity index (χ2v) is 6.93. The third-order valence-corrected chi connectivity index (χ3v) is 3.21. The van der Waals surface area contributed by atoms with E-state index in [0.717, 1.165) is 12.8 Å². The number of amides is 1. The average molecular weight is 241 g/mol. The number of rotatable bonds is 3. The van der Waals surface area contributed by atoms with E-state index >= 15 is 0 Å². The smallest absolute Gasteiger partial charge is 0.246 e. The molecule has 0 spiro atoms. The van der Waals surface area contributed by atoms with Crippen LogP contribution in [0.2, 0.25) is 0 Å². The molecule has 1 atom stereocenters. The lowest BCUT2D eigenvalue weighted by molar-refractivity contribution is -0.131. The van der Waals surface area contributed by atoms with E-state index in [4.69, 9.17) is 4.74 Å². The molecule has 100 valence electrons. The van der Waals surface area contributed by atoms with Gasteiger partial charge in [0.25, 0.3) is 0 Å². The van der Waals surface area contributed by atoms with Gasteiger partial charge in [0.2, 0.25) is 5.91 Å². The third-order valence-electron chi connectivity index (χ3n) is 3.21. The van der Waals surface area contributed by atoms with Gasteiger partial charge < -0.3 is 10.1 Å². The maximum absolute atomic E-state index is 11.7. The van der Waals surface area contributed by atoms with E-state index in [1.165, 1.54) is 12.8 Å². The highest BCUT2D eigenvalue weighted by Crippen LogP contribution is 2.34. The van der Waals surface area contributed by atoms with Crippen LogP contribution in [-0.2, 0) is 9.53 Å². The van der Waals surface area contributed by atoms with Gasteiger partial charge in [0.1, 0.15) is 6.61 Å². The van der Waals surface area contributed by atoms with E-state index < -0.39 is 0 Å². The Morgan fingerprint density at radius 2 is 2.06 bits per heavy atom. The Labute approximate surface area is 105 Å². The number of ether oxygens (including phenoxy) is 1. The van der Waals surface area contributed by atoms with Crippen LogP contribution in [0.25, 0.3) is 0 Å². The van der Waals surface area contributed by atoms with Crippen LogP contribution in [0, 0.1) is 5.41 Å². The number of nitrogens with one attached hydrogen (secondary N) is 1. The summed E-state index contributed by atoms with van der Waals surface area (Å²) >= 11 is 0. The second kappa shape index (κ2) is 5.38. The molecule has 1 fully saturated rings. The van der Waals surface area contributed by atoms with Gasteiger partial charge >= 0.3 is 0 Å². The Morgan fingerprint density at radius 3 is 2.59 bits per heavy atom. The molecule has 0 bridgehead atoms. The first-order chi connectivity index (χ1) is 7.68. The summed E-state index contributed by atoms with van der Waals surface area (Å²) < 4.78 is 5.47. The fraction of sp³-hybridized carbons (Fsp3) is 0.929. The average Bonchev–Trinajstić information content (AvgIpc) is 2.12. The van der Waals surface area contributed by atoms with Crippen LogP contribution in [-0.4, -0.2) is 24.2 Å². The predicted molar refractivity (Wildman–Crippen MR) is 69.9 cm³/mol. The van der Waals surface area contributed by atoms with Gasteiger partial charge in [-0.2, -0.15) is 0 Å². The summed E-state index contributed by atoms with van der Waals surface area (Å²) in [5.74, 6) is 0.0163. The molecule has 0 heterocycles. The van der Waals surface area contributed by atoms with Crippen LogP contribution >= 0.6 is 0 Å². The highest BCUT2D eigenvalue weighted by atomic mass is 16.5. The van der Waals surface area contributed by atoms with E-state index in [9.17, 15) is 4.79 Å². The number of hydrogen-bond donors (Lipinski definition) is 1. The molecule has 0 aromatic carbocycles. The molecule has 1 saturated carbocycles. The van der Waals surface area contributed by atoms with E-state index in [-0.39, 0.29) is 18.1 Å². The normalized spacial score (nSPS) is 24.4. The van der Waals surface area contributed by atoms with Crippen LogP contribution in [0.5, 0.6) is 0 Å². The fourth-order valence-corrected chi connectivity index (χ4v) is 2.37. The van der Waals surface area contributed by atoms with Gasteiger partial charge in [-0.05, 0) is 45.4 Å². The molecule has 0 saturated heterocycles. The standard InChI is InChI=1S/C14H27NO2/c1-13(2,3)17-10-12(16)15-11-7-6-8-14(4,5)9-11/h11H,6-10H2,1-5H3,(H,15,16). The third kappa shape index (κ3) is 6.06. The maximum Gasteiger partial charge on any atom is 0.246 e. The molecule has 1 N–H and O–H groups in total. The molecule has 0 aliphatic heterocycles. The first-order valence-corrected chi connectivity index (χ1v) is 6.61. The second-order valence-electron chi connectivity index (χ2n) is 6.93. The lowest BCUT2D eigenvalue weighted by Gasteiger charge is -2.35. The van der Waals surface area contributed by atoms with Crippen molar-refractivity contribution in [2.24, 2.45) is 5.41 Å². The van der Waals surface area contributed by atoms with E-state index in [1.807, 2.05) is 20.8 Å². The van der Waals surface area contributed by atoms with Crippen molar-refractivity contribution in [3.63, 3.8) is 0 Å². The first kappa shape index (κ1) is 14.5. The Morgan fingerprint density at radius 1 is 1.41 bits per heavy atom. The minimum atomic E-state index is -0.247. The molecule has 3 nitrogen and oxygen atoms in total. The van der Waals surface area contributed by atoms with Crippen molar-refractivity contribution < 1.29 is 9.53 Å². The highest BCUT2D eigenvalue weighted by Gasteiger charge is 2.28. The van der Waals surface area contributed by atoms with Crippen molar-refractivity contribution in [3.8, 4) is 0 Å². The quantitative estimate of drug-likeness (QED) is 0.825. The Bertz CT molecular complexity index is 266. The van der Waals surface area contributed by atoms with Gasteiger partial charge in [-0.25, -0.2) is 0 Å². The Balaban J connectivity index is 2.31. The van der Waals surface area contributed by atoms with Gasteiger partial charge in [-0.3, -0.25) is 4.79 Å². The lowest BCUT2D eigenvalue weighted by atomic mass is 9.75.